The van der Waals surface area contributed by atoms with Crippen molar-refractivity contribution in [2.75, 3.05) is 11.9 Å². The molecule has 0 spiro atoms. The Labute approximate surface area is 140 Å². The van der Waals surface area contributed by atoms with Crippen molar-refractivity contribution in [3.8, 4) is 0 Å². The third-order valence-electron chi connectivity index (χ3n) is 4.27. The fourth-order valence-corrected chi connectivity index (χ4v) is 3.08. The van der Waals surface area contributed by atoms with Crippen molar-refractivity contribution in [3.63, 3.8) is 0 Å². The molecule has 124 valence electrons. The summed E-state index contributed by atoms with van der Waals surface area (Å²) >= 11 is 0. The van der Waals surface area contributed by atoms with Crippen LogP contribution in [0.25, 0.3) is 0 Å². The molecule has 1 atom stereocenters. The normalized spacial score (nSPS) is 16.9. The highest BCUT2D eigenvalue weighted by Gasteiger charge is 2.30. The number of halogens is 1. The van der Waals surface area contributed by atoms with E-state index in [0.29, 0.717) is 17.8 Å². The molecule has 2 amide bonds. The van der Waals surface area contributed by atoms with Crippen LogP contribution in [0.5, 0.6) is 0 Å². The molecule has 0 aromatic heterocycles. The number of hydrogen-bond donors (Lipinski definition) is 1. The van der Waals surface area contributed by atoms with Crippen LogP contribution in [0.1, 0.15) is 41.7 Å². The molecule has 0 bridgehead atoms. The Balaban J connectivity index is 1.76. The van der Waals surface area contributed by atoms with Gasteiger partial charge in [-0.15, -0.1) is 0 Å². The van der Waals surface area contributed by atoms with Crippen molar-refractivity contribution < 1.29 is 14.0 Å². The van der Waals surface area contributed by atoms with Crippen molar-refractivity contribution in [2.24, 2.45) is 0 Å². The Morgan fingerprint density at radius 3 is 2.71 bits per heavy atom. The Bertz CT molecular complexity index is 775. The van der Waals surface area contributed by atoms with E-state index in [1.54, 1.807) is 35.2 Å². The molecule has 1 saturated heterocycles. The van der Waals surface area contributed by atoms with Gasteiger partial charge in [0.2, 0.25) is 0 Å². The topological polar surface area (TPSA) is 49.4 Å². The first-order valence-corrected chi connectivity index (χ1v) is 7.98. The molecule has 0 saturated carbocycles. The molecule has 0 unspecified atom stereocenters. The van der Waals surface area contributed by atoms with Gasteiger partial charge < -0.3 is 10.2 Å². The Morgan fingerprint density at radius 1 is 1.17 bits per heavy atom. The molecule has 1 N–H and O–H groups in total. The van der Waals surface area contributed by atoms with Crippen LogP contribution in [0.15, 0.2) is 48.5 Å². The maximum absolute atomic E-state index is 13.5. The summed E-state index contributed by atoms with van der Waals surface area (Å²) in [6.07, 6.45) is 1.69. The lowest BCUT2D eigenvalue weighted by molar-refractivity contribution is 0.101. The van der Waals surface area contributed by atoms with E-state index in [1.807, 2.05) is 6.07 Å². The highest BCUT2D eigenvalue weighted by atomic mass is 19.1. The van der Waals surface area contributed by atoms with Crippen LogP contribution < -0.4 is 5.32 Å². The zero-order valence-electron chi connectivity index (χ0n) is 13.5. The summed E-state index contributed by atoms with van der Waals surface area (Å²) in [5.74, 6) is -0.348. The first kappa shape index (κ1) is 16.2. The number of nitrogens with one attached hydrogen (secondary N) is 1. The van der Waals surface area contributed by atoms with Crippen LogP contribution in [0.4, 0.5) is 14.9 Å². The predicted octanol–water partition coefficient (Wildman–Crippen LogP) is 4.40. The van der Waals surface area contributed by atoms with E-state index in [1.165, 1.54) is 19.1 Å². The minimum Gasteiger partial charge on any atom is -0.317 e. The first-order chi connectivity index (χ1) is 11.5. The van der Waals surface area contributed by atoms with Gasteiger partial charge in [-0.1, -0.05) is 24.3 Å². The van der Waals surface area contributed by atoms with E-state index in [4.69, 9.17) is 0 Å². The average Bonchev–Trinajstić information content (AvgIpc) is 3.05. The minimum atomic E-state index is -0.297. The average molecular weight is 326 g/mol. The lowest BCUT2D eigenvalue weighted by atomic mass is 10.0. The quantitative estimate of drug-likeness (QED) is 0.850. The summed E-state index contributed by atoms with van der Waals surface area (Å²) in [6, 6.07) is 12.9. The largest absolute Gasteiger partial charge is 0.322 e. The van der Waals surface area contributed by atoms with Crippen LogP contribution >= 0.6 is 0 Å². The van der Waals surface area contributed by atoms with Gasteiger partial charge in [0.1, 0.15) is 5.82 Å². The summed E-state index contributed by atoms with van der Waals surface area (Å²) < 4.78 is 13.5. The van der Waals surface area contributed by atoms with Gasteiger partial charge in [0.05, 0.1) is 6.04 Å². The number of benzene rings is 2. The summed E-state index contributed by atoms with van der Waals surface area (Å²) in [5, 5.41) is 2.83. The predicted molar refractivity (Wildman–Crippen MR) is 90.5 cm³/mol. The maximum atomic E-state index is 13.5. The smallest absolute Gasteiger partial charge is 0.317 e. The number of ketones is 1. The molecule has 1 aliphatic rings. The molecule has 4 nitrogen and oxygen atoms in total. The molecule has 2 aromatic rings. The Kier molecular flexibility index (Phi) is 4.60. The Hall–Kier alpha value is -2.69. The summed E-state index contributed by atoms with van der Waals surface area (Å²) in [7, 11) is 0. The highest BCUT2D eigenvalue weighted by molar-refractivity contribution is 5.96. The molecule has 5 heteroatoms. The van der Waals surface area contributed by atoms with E-state index in [0.717, 1.165) is 18.4 Å². The molecule has 0 aliphatic carbocycles. The van der Waals surface area contributed by atoms with Crippen molar-refractivity contribution in [1.29, 1.82) is 0 Å². The number of amides is 2. The van der Waals surface area contributed by atoms with Crippen LogP contribution in [0.2, 0.25) is 0 Å². The third kappa shape index (κ3) is 3.45. The van der Waals surface area contributed by atoms with E-state index in [2.05, 4.69) is 5.32 Å². The van der Waals surface area contributed by atoms with Crippen LogP contribution in [-0.2, 0) is 0 Å². The lowest BCUT2D eigenvalue weighted by Crippen LogP contribution is -2.34. The molecule has 2 aromatic carbocycles. The fraction of sp³-hybridized carbons (Fsp3) is 0.263. The molecular formula is C19H19FN2O2. The molecule has 1 heterocycles. The first-order valence-electron chi connectivity index (χ1n) is 7.98. The van der Waals surface area contributed by atoms with Gasteiger partial charge in [-0.25, -0.2) is 9.18 Å². The van der Waals surface area contributed by atoms with Gasteiger partial charge in [0.15, 0.2) is 5.78 Å². The van der Waals surface area contributed by atoms with Gasteiger partial charge in [-0.05, 0) is 49.6 Å². The third-order valence-corrected chi connectivity index (χ3v) is 4.27. The second kappa shape index (κ2) is 6.83. The molecule has 24 heavy (non-hydrogen) atoms. The summed E-state index contributed by atoms with van der Waals surface area (Å²) in [4.78, 5) is 25.8. The summed E-state index contributed by atoms with van der Waals surface area (Å²) in [6.45, 7) is 2.11. The van der Waals surface area contributed by atoms with E-state index < -0.39 is 0 Å². The second-order valence-electron chi connectivity index (χ2n) is 5.97. The molecule has 1 aliphatic heterocycles. The number of carbonyl (C=O) groups is 2. The number of nitrogens with zero attached hydrogens (tertiary/aromatic N) is 1. The monoisotopic (exact) mass is 326 g/mol. The maximum Gasteiger partial charge on any atom is 0.322 e. The molecule has 3 rings (SSSR count). The number of carbonyl (C=O) groups excluding carboxylic acids is 2. The number of likely N-dealkylation sites (tertiary alicyclic amines) is 1. The highest BCUT2D eigenvalue weighted by Crippen LogP contribution is 2.32. The van der Waals surface area contributed by atoms with Gasteiger partial charge in [0.25, 0.3) is 0 Å². The Morgan fingerprint density at radius 2 is 1.96 bits per heavy atom. The van der Waals surface area contributed by atoms with Crippen molar-refractivity contribution in [1.82, 2.24) is 4.90 Å². The zero-order valence-corrected chi connectivity index (χ0v) is 13.5. The van der Waals surface area contributed by atoms with Crippen LogP contribution in [-0.4, -0.2) is 23.3 Å². The second-order valence-corrected chi connectivity index (χ2v) is 5.97. The molecule has 0 radical (unpaired) electrons. The number of Topliss-reactive ketones (excluding diaryl/α,β-unsaturated/α-hetero) is 1. The van der Waals surface area contributed by atoms with E-state index >= 15 is 0 Å². The van der Waals surface area contributed by atoms with Crippen molar-refractivity contribution in [2.45, 2.75) is 25.8 Å². The van der Waals surface area contributed by atoms with Gasteiger partial charge in [-0.3, -0.25) is 4.79 Å². The van der Waals surface area contributed by atoms with Crippen molar-refractivity contribution >= 4 is 17.5 Å². The number of urea groups is 1. The fourth-order valence-electron chi connectivity index (χ4n) is 3.08. The lowest BCUT2D eigenvalue weighted by Gasteiger charge is -2.25. The van der Waals surface area contributed by atoms with Crippen LogP contribution in [0, 0.1) is 5.82 Å². The van der Waals surface area contributed by atoms with Crippen molar-refractivity contribution in [3.05, 3.63) is 65.5 Å². The minimum absolute atomic E-state index is 0.0510. The number of rotatable bonds is 3. The number of hydrogen-bond acceptors (Lipinski definition) is 2. The van der Waals surface area contributed by atoms with E-state index in [9.17, 15) is 14.0 Å². The molecular weight excluding hydrogens is 307 g/mol. The SMILES string of the molecule is CC(=O)c1cccc(NC(=O)N2CCC[C@H]2c2cccc(F)c2)c1. The number of anilines is 1. The van der Waals surface area contributed by atoms with Gasteiger partial charge in [0, 0.05) is 17.8 Å². The van der Waals surface area contributed by atoms with Gasteiger partial charge in [-0.2, -0.15) is 0 Å². The van der Waals surface area contributed by atoms with Gasteiger partial charge >= 0.3 is 6.03 Å². The van der Waals surface area contributed by atoms with E-state index in [-0.39, 0.29) is 23.7 Å². The van der Waals surface area contributed by atoms with Crippen LogP contribution in [0.3, 0.4) is 0 Å². The molecule has 1 fully saturated rings. The standard InChI is InChI=1S/C19H19FN2O2/c1-13(23)14-5-3-8-17(12-14)21-19(24)22-10-4-9-18(22)15-6-2-7-16(20)11-15/h2-3,5-8,11-12,18H,4,9-10H2,1H3,(H,21,24)/t18-/m0/s1. The zero-order chi connectivity index (χ0) is 17.1. The summed E-state index contributed by atoms with van der Waals surface area (Å²) in [5.41, 5.74) is 1.94.